The molecule has 0 saturated heterocycles. The number of carbonyl (C=O) groups excluding carboxylic acids is 1. The Balaban J connectivity index is 1.48. The van der Waals surface area contributed by atoms with E-state index < -0.39 is 0 Å². The molecule has 1 heterocycles. The van der Waals surface area contributed by atoms with Crippen LogP contribution in [-0.4, -0.2) is 47.3 Å². The fourth-order valence-electron chi connectivity index (χ4n) is 3.02. The van der Waals surface area contributed by atoms with Crippen molar-refractivity contribution in [3.05, 3.63) is 71.9 Å². The van der Waals surface area contributed by atoms with Crippen LogP contribution in [0.3, 0.4) is 0 Å². The maximum atomic E-state index is 12.5. The molecule has 0 atom stereocenters. The summed E-state index contributed by atoms with van der Waals surface area (Å²) in [5.41, 5.74) is 2.96. The molecule has 3 rings (SSSR count). The Morgan fingerprint density at radius 1 is 1.10 bits per heavy atom. The first kappa shape index (κ1) is 20.6. The monoisotopic (exact) mass is 392 g/mol. The zero-order valence-electron chi connectivity index (χ0n) is 17.3. The molecule has 1 N–H and O–H groups in total. The third-order valence-corrected chi connectivity index (χ3v) is 4.49. The number of nitrogens with one attached hydrogen (secondary N) is 1. The predicted molar refractivity (Wildman–Crippen MR) is 116 cm³/mol. The molecule has 29 heavy (non-hydrogen) atoms. The van der Waals surface area contributed by atoms with Crippen molar-refractivity contribution in [3.8, 4) is 11.4 Å². The van der Waals surface area contributed by atoms with E-state index in [-0.39, 0.29) is 5.91 Å². The summed E-state index contributed by atoms with van der Waals surface area (Å²) in [5.74, 6) is 1.48. The smallest absolute Gasteiger partial charge is 0.239 e. The fraction of sp³-hybridized carbons (Fsp3) is 0.304. The number of hydrogen-bond donors (Lipinski definition) is 1. The highest BCUT2D eigenvalue weighted by molar-refractivity contribution is 5.91. The first-order chi connectivity index (χ1) is 14.0. The summed E-state index contributed by atoms with van der Waals surface area (Å²) in [5, 5.41) is 7.48. The van der Waals surface area contributed by atoms with Gasteiger partial charge < -0.3 is 10.1 Å². The Morgan fingerprint density at radius 2 is 1.83 bits per heavy atom. The molecule has 0 aliphatic heterocycles. The third kappa shape index (κ3) is 6.19. The molecular formula is C23H28N4O2. The zero-order valence-corrected chi connectivity index (χ0v) is 17.3. The third-order valence-electron chi connectivity index (χ3n) is 4.49. The van der Waals surface area contributed by atoms with Gasteiger partial charge in [-0.25, -0.2) is 4.68 Å². The van der Waals surface area contributed by atoms with Gasteiger partial charge in [-0.2, -0.15) is 5.10 Å². The van der Waals surface area contributed by atoms with E-state index in [9.17, 15) is 4.79 Å². The second-order valence-electron chi connectivity index (χ2n) is 7.22. The molecule has 0 bridgehead atoms. The number of likely N-dealkylation sites (N-methyl/N-ethyl adjacent to an activating group) is 1. The largest absolute Gasteiger partial charge is 0.494 e. The minimum absolute atomic E-state index is 0.0651. The lowest BCUT2D eigenvalue weighted by molar-refractivity contribution is -0.117. The maximum absolute atomic E-state index is 12.5. The number of nitrogens with zero attached hydrogens (tertiary/aromatic N) is 3. The lowest BCUT2D eigenvalue weighted by atomic mass is 10.2. The Morgan fingerprint density at radius 3 is 2.55 bits per heavy atom. The quantitative estimate of drug-likeness (QED) is 0.562. The summed E-state index contributed by atoms with van der Waals surface area (Å²) in [6.07, 6.45) is 0.846. The summed E-state index contributed by atoms with van der Waals surface area (Å²) in [4.78, 5) is 14.5. The van der Waals surface area contributed by atoms with E-state index in [1.54, 1.807) is 4.68 Å². The van der Waals surface area contributed by atoms with Gasteiger partial charge in [-0.15, -0.1) is 0 Å². The second kappa shape index (κ2) is 9.89. The van der Waals surface area contributed by atoms with Crippen molar-refractivity contribution < 1.29 is 9.53 Å². The van der Waals surface area contributed by atoms with E-state index in [2.05, 4.69) is 10.4 Å². The highest BCUT2D eigenvalue weighted by Gasteiger charge is 2.12. The van der Waals surface area contributed by atoms with Crippen molar-refractivity contribution in [3.63, 3.8) is 0 Å². The van der Waals surface area contributed by atoms with Crippen LogP contribution < -0.4 is 10.1 Å². The number of rotatable bonds is 9. The molecule has 0 aliphatic carbocycles. The number of amides is 1. The molecule has 0 unspecified atom stereocenters. The van der Waals surface area contributed by atoms with Gasteiger partial charge in [0.05, 0.1) is 24.5 Å². The van der Waals surface area contributed by atoms with Gasteiger partial charge in [0.15, 0.2) is 0 Å². The van der Waals surface area contributed by atoms with Gasteiger partial charge in [0, 0.05) is 12.6 Å². The van der Waals surface area contributed by atoms with Crippen molar-refractivity contribution in [1.29, 1.82) is 0 Å². The molecular weight excluding hydrogens is 364 g/mol. The van der Waals surface area contributed by atoms with Gasteiger partial charge in [-0.3, -0.25) is 9.69 Å². The number of para-hydroxylation sites is 1. The number of aryl methyl sites for hydroxylation is 2. The number of benzene rings is 2. The number of aromatic nitrogens is 2. The summed E-state index contributed by atoms with van der Waals surface area (Å²) in [6, 6.07) is 19.7. The van der Waals surface area contributed by atoms with Crippen molar-refractivity contribution in [2.45, 2.75) is 20.3 Å². The number of ether oxygens (including phenoxy) is 1. The first-order valence-corrected chi connectivity index (χ1v) is 9.81. The van der Waals surface area contributed by atoms with Crippen LogP contribution in [0.1, 0.15) is 17.7 Å². The van der Waals surface area contributed by atoms with Gasteiger partial charge in [-0.05, 0) is 51.6 Å². The number of anilines is 1. The van der Waals surface area contributed by atoms with E-state index in [0.717, 1.165) is 30.1 Å². The van der Waals surface area contributed by atoms with Crippen LogP contribution in [0.25, 0.3) is 5.69 Å². The van der Waals surface area contributed by atoms with E-state index >= 15 is 0 Å². The van der Waals surface area contributed by atoms with Crippen molar-refractivity contribution in [1.82, 2.24) is 14.7 Å². The topological polar surface area (TPSA) is 59.4 Å². The highest BCUT2D eigenvalue weighted by Crippen LogP contribution is 2.17. The second-order valence-corrected chi connectivity index (χ2v) is 7.22. The molecule has 0 fully saturated rings. The standard InChI is InChI=1S/C23H28N4O2/c1-18-10-12-20(13-11-18)27-22(16-19(2)25-27)24-23(28)17-26(3)14-7-15-29-21-8-5-4-6-9-21/h4-6,8-13,16H,7,14-15,17H2,1-3H3,(H,24,28). The van der Waals surface area contributed by atoms with E-state index in [1.807, 2.05) is 86.5 Å². The van der Waals surface area contributed by atoms with Crippen LogP contribution >= 0.6 is 0 Å². The molecule has 6 nitrogen and oxygen atoms in total. The fourth-order valence-corrected chi connectivity index (χ4v) is 3.02. The number of hydrogen-bond acceptors (Lipinski definition) is 4. The molecule has 0 radical (unpaired) electrons. The van der Waals surface area contributed by atoms with Gasteiger partial charge in [0.2, 0.25) is 5.91 Å². The molecule has 1 amide bonds. The summed E-state index contributed by atoms with van der Waals surface area (Å²) < 4.78 is 7.46. The summed E-state index contributed by atoms with van der Waals surface area (Å²) in [6.45, 7) is 5.66. The molecule has 152 valence electrons. The van der Waals surface area contributed by atoms with E-state index in [0.29, 0.717) is 19.0 Å². The number of carbonyl (C=O) groups is 1. The molecule has 3 aromatic rings. The molecule has 0 aliphatic rings. The SMILES string of the molecule is Cc1ccc(-n2nc(C)cc2NC(=O)CN(C)CCCOc2ccccc2)cc1. The lowest BCUT2D eigenvalue weighted by Gasteiger charge is -2.17. The molecule has 0 saturated carbocycles. The Bertz CT molecular complexity index is 920. The summed E-state index contributed by atoms with van der Waals surface area (Å²) >= 11 is 0. The molecule has 2 aromatic carbocycles. The Labute approximate surface area is 172 Å². The van der Waals surface area contributed by atoms with Crippen LogP contribution in [0.2, 0.25) is 0 Å². The van der Waals surface area contributed by atoms with Gasteiger partial charge in [-0.1, -0.05) is 35.9 Å². The summed E-state index contributed by atoms with van der Waals surface area (Å²) in [7, 11) is 1.94. The Kier molecular flexibility index (Phi) is 7.03. The van der Waals surface area contributed by atoms with Crippen molar-refractivity contribution >= 4 is 11.7 Å². The van der Waals surface area contributed by atoms with E-state index in [4.69, 9.17) is 4.74 Å². The van der Waals surface area contributed by atoms with Gasteiger partial charge in [0.25, 0.3) is 0 Å². The van der Waals surface area contributed by atoms with E-state index in [1.165, 1.54) is 5.56 Å². The lowest BCUT2D eigenvalue weighted by Crippen LogP contribution is -2.32. The van der Waals surface area contributed by atoms with Crippen LogP contribution in [0.15, 0.2) is 60.7 Å². The average Bonchev–Trinajstić information content (AvgIpc) is 3.06. The highest BCUT2D eigenvalue weighted by atomic mass is 16.5. The van der Waals surface area contributed by atoms with Gasteiger partial charge >= 0.3 is 0 Å². The minimum atomic E-state index is -0.0651. The van der Waals surface area contributed by atoms with Crippen LogP contribution in [-0.2, 0) is 4.79 Å². The van der Waals surface area contributed by atoms with Crippen LogP contribution in [0.5, 0.6) is 5.75 Å². The normalized spacial score (nSPS) is 10.9. The Hall–Kier alpha value is -3.12. The van der Waals surface area contributed by atoms with Crippen molar-refractivity contribution in [2.24, 2.45) is 0 Å². The van der Waals surface area contributed by atoms with Crippen LogP contribution in [0, 0.1) is 13.8 Å². The minimum Gasteiger partial charge on any atom is -0.494 e. The predicted octanol–water partition coefficient (Wildman–Crippen LogP) is 3.83. The molecule has 6 heteroatoms. The molecule has 1 aromatic heterocycles. The average molecular weight is 393 g/mol. The maximum Gasteiger partial charge on any atom is 0.239 e. The molecule has 0 spiro atoms. The first-order valence-electron chi connectivity index (χ1n) is 9.81. The zero-order chi connectivity index (χ0) is 20.6. The van der Waals surface area contributed by atoms with Crippen molar-refractivity contribution in [2.75, 3.05) is 32.1 Å². The van der Waals surface area contributed by atoms with Crippen LogP contribution in [0.4, 0.5) is 5.82 Å². The van der Waals surface area contributed by atoms with Gasteiger partial charge in [0.1, 0.15) is 11.6 Å².